The number of benzene rings is 1. The Morgan fingerprint density at radius 2 is 2.05 bits per heavy atom. The van der Waals surface area contributed by atoms with E-state index in [4.69, 9.17) is 5.73 Å². The summed E-state index contributed by atoms with van der Waals surface area (Å²) in [5, 5.41) is 2.28. The average molecular weight is 280 g/mol. The van der Waals surface area contributed by atoms with Crippen molar-refractivity contribution < 1.29 is 27.1 Å². The summed E-state index contributed by atoms with van der Waals surface area (Å²) in [5.41, 5.74) is 5.48. The molecule has 0 radical (unpaired) electrons. The van der Waals surface area contributed by atoms with E-state index in [2.05, 4.69) is 10.1 Å². The number of halogens is 4. The normalized spacial score (nSPS) is 11.4. The number of hydrogen-bond donors (Lipinski definition) is 2. The third kappa shape index (κ3) is 5.56. The van der Waals surface area contributed by atoms with Crippen LogP contribution in [0.3, 0.4) is 0 Å². The predicted octanol–water partition coefficient (Wildman–Crippen LogP) is 1.72. The molecule has 0 saturated heterocycles. The summed E-state index contributed by atoms with van der Waals surface area (Å²) in [6.45, 7) is -1.82. The van der Waals surface area contributed by atoms with E-state index in [-0.39, 0.29) is 24.4 Å². The van der Waals surface area contributed by atoms with Gasteiger partial charge in [0, 0.05) is 12.2 Å². The van der Waals surface area contributed by atoms with Crippen molar-refractivity contribution in [1.29, 1.82) is 0 Å². The Morgan fingerprint density at radius 3 is 2.68 bits per heavy atom. The predicted molar refractivity (Wildman–Crippen MR) is 60.0 cm³/mol. The second kappa shape index (κ2) is 6.37. The number of ether oxygens (including phenoxy) is 1. The van der Waals surface area contributed by atoms with Gasteiger partial charge in [-0.25, -0.2) is 4.39 Å². The number of carbonyl (C=O) groups excluding carboxylic acids is 1. The van der Waals surface area contributed by atoms with Crippen molar-refractivity contribution in [3.8, 4) is 0 Å². The highest BCUT2D eigenvalue weighted by molar-refractivity contribution is 5.99. The van der Waals surface area contributed by atoms with Crippen molar-refractivity contribution in [2.75, 3.05) is 25.5 Å². The van der Waals surface area contributed by atoms with E-state index in [0.717, 1.165) is 12.1 Å². The molecule has 1 rings (SSSR count). The van der Waals surface area contributed by atoms with Gasteiger partial charge in [-0.15, -0.1) is 0 Å². The summed E-state index contributed by atoms with van der Waals surface area (Å²) in [4.78, 5) is 11.5. The van der Waals surface area contributed by atoms with Crippen LogP contribution in [0.4, 0.5) is 23.2 Å². The van der Waals surface area contributed by atoms with Crippen molar-refractivity contribution >= 4 is 11.6 Å². The van der Waals surface area contributed by atoms with E-state index in [1.807, 2.05) is 0 Å². The van der Waals surface area contributed by atoms with Crippen LogP contribution in [-0.4, -0.2) is 31.8 Å². The molecule has 4 nitrogen and oxygen atoms in total. The quantitative estimate of drug-likeness (QED) is 0.490. The molecule has 1 aromatic carbocycles. The minimum Gasteiger partial charge on any atom is -0.398 e. The standard InChI is InChI=1S/C11H12F4N2O2/c12-7-1-2-9(16)8(5-7)10(18)17-3-4-19-6-11(13,14)15/h1-2,5H,3-4,6,16H2,(H,17,18). The monoisotopic (exact) mass is 280 g/mol. The number of carbonyl (C=O) groups is 1. The molecule has 8 heteroatoms. The molecular formula is C11H12F4N2O2. The zero-order chi connectivity index (χ0) is 14.5. The van der Waals surface area contributed by atoms with Crippen LogP contribution < -0.4 is 11.1 Å². The van der Waals surface area contributed by atoms with E-state index >= 15 is 0 Å². The Morgan fingerprint density at radius 1 is 1.37 bits per heavy atom. The Kier molecular flexibility index (Phi) is 5.11. The lowest BCUT2D eigenvalue weighted by molar-refractivity contribution is -0.173. The lowest BCUT2D eigenvalue weighted by Crippen LogP contribution is -2.29. The molecule has 0 saturated carbocycles. The van der Waals surface area contributed by atoms with Gasteiger partial charge in [0.1, 0.15) is 12.4 Å². The second-order valence-corrected chi connectivity index (χ2v) is 3.66. The molecule has 0 fully saturated rings. The molecule has 106 valence electrons. The summed E-state index contributed by atoms with van der Waals surface area (Å²) in [5.74, 6) is -1.31. The van der Waals surface area contributed by atoms with Crippen molar-refractivity contribution in [3.63, 3.8) is 0 Å². The van der Waals surface area contributed by atoms with Gasteiger partial charge in [0.2, 0.25) is 0 Å². The Bertz CT molecular complexity index is 449. The summed E-state index contributed by atoms with van der Waals surface area (Å²) >= 11 is 0. The SMILES string of the molecule is Nc1ccc(F)cc1C(=O)NCCOCC(F)(F)F. The average Bonchev–Trinajstić information content (AvgIpc) is 2.30. The number of anilines is 1. The molecule has 0 atom stereocenters. The number of nitrogens with two attached hydrogens (primary N) is 1. The van der Waals surface area contributed by atoms with Crippen LogP contribution >= 0.6 is 0 Å². The number of rotatable bonds is 5. The van der Waals surface area contributed by atoms with Crippen molar-refractivity contribution in [1.82, 2.24) is 5.32 Å². The number of alkyl halides is 3. The zero-order valence-electron chi connectivity index (χ0n) is 9.76. The van der Waals surface area contributed by atoms with Crippen LogP contribution in [0, 0.1) is 5.82 Å². The Labute approximate surface area is 106 Å². The van der Waals surface area contributed by atoms with Gasteiger partial charge in [0.25, 0.3) is 5.91 Å². The van der Waals surface area contributed by atoms with Gasteiger partial charge in [0.15, 0.2) is 0 Å². The van der Waals surface area contributed by atoms with Crippen LogP contribution in [-0.2, 0) is 4.74 Å². The maximum absolute atomic E-state index is 12.9. The maximum Gasteiger partial charge on any atom is 0.411 e. The highest BCUT2D eigenvalue weighted by atomic mass is 19.4. The van der Waals surface area contributed by atoms with Gasteiger partial charge >= 0.3 is 6.18 Å². The van der Waals surface area contributed by atoms with Crippen LogP contribution in [0.5, 0.6) is 0 Å². The Balaban J connectivity index is 2.38. The van der Waals surface area contributed by atoms with Crippen LogP contribution in [0.1, 0.15) is 10.4 Å². The molecule has 3 N–H and O–H groups in total. The fourth-order valence-electron chi connectivity index (χ4n) is 1.24. The van der Waals surface area contributed by atoms with Crippen LogP contribution in [0.25, 0.3) is 0 Å². The van der Waals surface area contributed by atoms with Gasteiger partial charge < -0.3 is 15.8 Å². The summed E-state index contributed by atoms with van der Waals surface area (Å²) in [6, 6.07) is 3.27. The molecule has 0 bridgehead atoms. The molecule has 1 amide bonds. The first-order chi connectivity index (χ1) is 8.79. The topological polar surface area (TPSA) is 64.4 Å². The molecule has 0 spiro atoms. The van der Waals surface area contributed by atoms with E-state index < -0.39 is 24.5 Å². The van der Waals surface area contributed by atoms with Crippen molar-refractivity contribution in [2.24, 2.45) is 0 Å². The van der Waals surface area contributed by atoms with Crippen molar-refractivity contribution in [3.05, 3.63) is 29.6 Å². The first-order valence-electron chi connectivity index (χ1n) is 5.27. The fourth-order valence-corrected chi connectivity index (χ4v) is 1.24. The number of amides is 1. The van der Waals surface area contributed by atoms with Gasteiger partial charge in [-0.3, -0.25) is 4.79 Å². The largest absolute Gasteiger partial charge is 0.411 e. The number of hydrogen-bond acceptors (Lipinski definition) is 3. The lowest BCUT2D eigenvalue weighted by atomic mass is 10.1. The molecule has 0 aromatic heterocycles. The zero-order valence-corrected chi connectivity index (χ0v) is 9.76. The van der Waals surface area contributed by atoms with E-state index in [1.54, 1.807) is 0 Å². The highest BCUT2D eigenvalue weighted by Gasteiger charge is 2.27. The number of nitrogen functional groups attached to an aromatic ring is 1. The van der Waals surface area contributed by atoms with Crippen LogP contribution in [0.2, 0.25) is 0 Å². The minimum absolute atomic E-state index is 0.0733. The summed E-state index contributed by atoms with van der Waals surface area (Å²) in [7, 11) is 0. The second-order valence-electron chi connectivity index (χ2n) is 3.66. The van der Waals surface area contributed by atoms with Gasteiger partial charge in [-0.1, -0.05) is 0 Å². The highest BCUT2D eigenvalue weighted by Crippen LogP contribution is 2.14. The molecular weight excluding hydrogens is 268 g/mol. The minimum atomic E-state index is -4.41. The number of nitrogens with one attached hydrogen (secondary N) is 1. The van der Waals surface area contributed by atoms with Gasteiger partial charge in [-0.05, 0) is 18.2 Å². The Hall–Kier alpha value is -1.83. The molecule has 0 unspecified atom stereocenters. The third-order valence-corrected chi connectivity index (χ3v) is 2.06. The molecule has 1 aromatic rings. The first kappa shape index (κ1) is 15.2. The summed E-state index contributed by atoms with van der Waals surface area (Å²) in [6.07, 6.45) is -4.41. The molecule has 0 aliphatic heterocycles. The first-order valence-corrected chi connectivity index (χ1v) is 5.27. The van der Waals surface area contributed by atoms with Gasteiger partial charge in [0.05, 0.1) is 12.2 Å². The van der Waals surface area contributed by atoms with E-state index in [9.17, 15) is 22.4 Å². The van der Waals surface area contributed by atoms with E-state index in [1.165, 1.54) is 6.07 Å². The summed E-state index contributed by atoms with van der Waals surface area (Å²) < 4.78 is 52.4. The molecule has 0 heterocycles. The lowest BCUT2D eigenvalue weighted by Gasteiger charge is -2.09. The third-order valence-electron chi connectivity index (χ3n) is 2.06. The maximum atomic E-state index is 12.9. The smallest absolute Gasteiger partial charge is 0.398 e. The van der Waals surface area contributed by atoms with Crippen molar-refractivity contribution in [2.45, 2.75) is 6.18 Å². The molecule has 0 aliphatic rings. The molecule has 0 aliphatic carbocycles. The molecule has 19 heavy (non-hydrogen) atoms. The van der Waals surface area contributed by atoms with E-state index in [0.29, 0.717) is 0 Å². The van der Waals surface area contributed by atoms with Crippen LogP contribution in [0.15, 0.2) is 18.2 Å². The fraction of sp³-hybridized carbons (Fsp3) is 0.364. The van der Waals surface area contributed by atoms with Gasteiger partial charge in [-0.2, -0.15) is 13.2 Å².